The Morgan fingerprint density at radius 2 is 1.31 bits per heavy atom. The van der Waals surface area contributed by atoms with Gasteiger partial charge in [-0.3, -0.25) is 0 Å². The van der Waals surface area contributed by atoms with Crippen LogP contribution in [0.15, 0.2) is 18.2 Å². The normalized spacial score (nSPS) is 13.2. The molecule has 0 spiro atoms. The van der Waals surface area contributed by atoms with Crippen molar-refractivity contribution in [3.05, 3.63) is 35.4 Å². The fraction of sp³-hybridized carbons (Fsp3) is 0.714. The van der Waals surface area contributed by atoms with Crippen molar-refractivity contribution in [3.8, 4) is 0 Å². The molecule has 26 heavy (non-hydrogen) atoms. The molecule has 1 atom stereocenters. The third kappa shape index (κ3) is 7.68. The lowest BCUT2D eigenvalue weighted by Crippen LogP contribution is -2.45. The molecule has 0 aromatic heterocycles. The molecule has 1 aromatic carbocycles. The van der Waals surface area contributed by atoms with Gasteiger partial charge < -0.3 is 14.2 Å². The topological polar surface area (TPSA) is 27.7 Å². The Labute approximate surface area is 157 Å². The van der Waals surface area contributed by atoms with Crippen LogP contribution < -0.4 is 0 Å². The molecule has 0 heterocycles. The Morgan fingerprint density at radius 1 is 0.808 bits per heavy atom. The zero-order valence-electron chi connectivity index (χ0n) is 16.7. The van der Waals surface area contributed by atoms with Crippen LogP contribution in [0, 0.1) is 17.6 Å². The summed E-state index contributed by atoms with van der Waals surface area (Å²) >= 11 is 0. The van der Waals surface area contributed by atoms with E-state index in [2.05, 4.69) is 6.92 Å². The third-order valence-corrected chi connectivity index (χ3v) is 4.42. The number of unbranched alkanes of at least 4 members (excludes halogenated alkanes) is 3. The number of benzene rings is 1. The summed E-state index contributed by atoms with van der Waals surface area (Å²) in [6, 6.07) is 3.73. The van der Waals surface area contributed by atoms with Crippen LogP contribution in [-0.2, 0) is 20.6 Å². The Balaban J connectivity index is 2.35. The number of halogens is 2. The molecule has 0 radical (unpaired) electrons. The molecule has 1 unspecified atom stereocenters. The van der Waals surface area contributed by atoms with E-state index < -0.39 is 17.6 Å². The van der Waals surface area contributed by atoms with E-state index in [4.69, 9.17) is 14.2 Å². The van der Waals surface area contributed by atoms with Crippen molar-refractivity contribution >= 4 is 0 Å². The smallest absolute Gasteiger partial charge is 0.285 e. The summed E-state index contributed by atoms with van der Waals surface area (Å²) in [5.74, 6) is -1.85. The molecule has 1 aromatic rings. The van der Waals surface area contributed by atoms with E-state index in [1.807, 2.05) is 20.8 Å². The first kappa shape index (κ1) is 23.0. The summed E-state index contributed by atoms with van der Waals surface area (Å²) in [6.45, 7) is 9.52. The largest absolute Gasteiger partial charge is 0.328 e. The molecule has 5 heteroatoms. The molecule has 1 rings (SSSR count). The van der Waals surface area contributed by atoms with Gasteiger partial charge in [0.05, 0.1) is 0 Å². The van der Waals surface area contributed by atoms with Gasteiger partial charge in [-0.15, -0.1) is 0 Å². The van der Waals surface area contributed by atoms with E-state index in [1.54, 1.807) is 0 Å². The van der Waals surface area contributed by atoms with Crippen LogP contribution in [0.25, 0.3) is 0 Å². The molecule has 0 saturated heterocycles. The van der Waals surface area contributed by atoms with Gasteiger partial charge in [0.25, 0.3) is 5.97 Å². The van der Waals surface area contributed by atoms with Crippen LogP contribution >= 0.6 is 0 Å². The average Bonchev–Trinajstić information content (AvgIpc) is 2.57. The Hall–Kier alpha value is -1.04. The first-order valence-corrected chi connectivity index (χ1v) is 9.84. The highest BCUT2D eigenvalue weighted by Gasteiger charge is 2.38. The fourth-order valence-corrected chi connectivity index (χ4v) is 3.22. The molecule has 0 saturated carbocycles. The van der Waals surface area contributed by atoms with Crippen molar-refractivity contribution < 1.29 is 23.0 Å². The van der Waals surface area contributed by atoms with Gasteiger partial charge in [-0.25, -0.2) is 8.78 Å². The summed E-state index contributed by atoms with van der Waals surface area (Å²) < 4.78 is 43.8. The number of hydrogen-bond donors (Lipinski definition) is 0. The van der Waals surface area contributed by atoms with Gasteiger partial charge in [0.15, 0.2) is 0 Å². The van der Waals surface area contributed by atoms with E-state index in [-0.39, 0.29) is 5.92 Å². The second-order valence-corrected chi connectivity index (χ2v) is 6.53. The standard InChI is InChI=1S/C21H34F2O3/c1-5-24-21(25-6-2,26-7-3)17(4)12-10-8-9-11-13-18-14-19(22)16-20(23)15-18/h14-17H,5-13H2,1-4H3. The molecule has 0 aliphatic heterocycles. The monoisotopic (exact) mass is 372 g/mol. The third-order valence-electron chi connectivity index (χ3n) is 4.42. The maximum Gasteiger partial charge on any atom is 0.285 e. The van der Waals surface area contributed by atoms with Crippen LogP contribution in [0.2, 0.25) is 0 Å². The zero-order chi connectivity index (χ0) is 19.4. The number of ether oxygens (including phenoxy) is 3. The molecule has 0 amide bonds. The summed E-state index contributed by atoms with van der Waals surface area (Å²) in [7, 11) is 0. The van der Waals surface area contributed by atoms with Crippen LogP contribution in [0.4, 0.5) is 8.78 Å². The minimum absolute atomic E-state index is 0.125. The van der Waals surface area contributed by atoms with E-state index in [0.717, 1.165) is 43.7 Å². The highest BCUT2D eigenvalue weighted by Crippen LogP contribution is 2.30. The average molecular weight is 372 g/mol. The molecular weight excluding hydrogens is 338 g/mol. The van der Waals surface area contributed by atoms with Crippen molar-refractivity contribution in [2.24, 2.45) is 5.92 Å². The molecule has 150 valence electrons. The van der Waals surface area contributed by atoms with Gasteiger partial charge in [-0.2, -0.15) is 0 Å². The summed E-state index contributed by atoms with van der Waals surface area (Å²) in [6.07, 6.45) is 5.68. The molecular formula is C21H34F2O3. The fourth-order valence-electron chi connectivity index (χ4n) is 3.22. The summed E-state index contributed by atoms with van der Waals surface area (Å²) in [4.78, 5) is 0. The zero-order valence-corrected chi connectivity index (χ0v) is 16.7. The molecule has 0 bridgehead atoms. The van der Waals surface area contributed by atoms with E-state index >= 15 is 0 Å². The Morgan fingerprint density at radius 3 is 1.81 bits per heavy atom. The minimum atomic E-state index is -0.961. The second-order valence-electron chi connectivity index (χ2n) is 6.53. The van der Waals surface area contributed by atoms with Crippen molar-refractivity contribution in [1.29, 1.82) is 0 Å². The second kappa shape index (κ2) is 12.4. The molecule has 0 N–H and O–H groups in total. The van der Waals surface area contributed by atoms with Crippen LogP contribution in [0.3, 0.4) is 0 Å². The SMILES string of the molecule is CCOC(OCC)(OCC)C(C)CCCCCCc1cc(F)cc(F)c1. The van der Waals surface area contributed by atoms with Gasteiger partial charge in [0, 0.05) is 31.8 Å². The molecule has 0 aliphatic rings. The van der Waals surface area contributed by atoms with E-state index in [1.165, 1.54) is 12.1 Å². The van der Waals surface area contributed by atoms with E-state index in [0.29, 0.717) is 26.2 Å². The lowest BCUT2D eigenvalue weighted by molar-refractivity contribution is -0.400. The van der Waals surface area contributed by atoms with Gasteiger partial charge in [0.1, 0.15) is 11.6 Å². The maximum absolute atomic E-state index is 13.2. The predicted molar refractivity (Wildman–Crippen MR) is 99.9 cm³/mol. The lowest BCUT2D eigenvalue weighted by Gasteiger charge is -2.37. The van der Waals surface area contributed by atoms with Crippen molar-refractivity contribution in [3.63, 3.8) is 0 Å². The number of hydrogen-bond acceptors (Lipinski definition) is 3. The van der Waals surface area contributed by atoms with Crippen LogP contribution in [0.1, 0.15) is 65.4 Å². The van der Waals surface area contributed by atoms with Gasteiger partial charge >= 0.3 is 0 Å². The predicted octanol–water partition coefficient (Wildman–Crippen LogP) is 5.86. The summed E-state index contributed by atoms with van der Waals surface area (Å²) in [5.41, 5.74) is 0.721. The van der Waals surface area contributed by atoms with Crippen LogP contribution in [-0.4, -0.2) is 25.8 Å². The number of rotatable bonds is 14. The van der Waals surface area contributed by atoms with Gasteiger partial charge in [-0.1, -0.05) is 26.2 Å². The van der Waals surface area contributed by atoms with Crippen molar-refractivity contribution in [1.82, 2.24) is 0 Å². The number of aryl methyl sites for hydroxylation is 1. The highest BCUT2D eigenvalue weighted by molar-refractivity contribution is 5.17. The highest BCUT2D eigenvalue weighted by atomic mass is 19.1. The molecule has 0 fully saturated rings. The maximum atomic E-state index is 13.2. The molecule has 0 aliphatic carbocycles. The lowest BCUT2D eigenvalue weighted by atomic mass is 9.98. The summed E-state index contributed by atoms with van der Waals surface area (Å²) in [5, 5.41) is 0. The van der Waals surface area contributed by atoms with Crippen LogP contribution in [0.5, 0.6) is 0 Å². The molecule has 3 nitrogen and oxygen atoms in total. The van der Waals surface area contributed by atoms with Gasteiger partial charge in [-0.05, 0) is 57.7 Å². The minimum Gasteiger partial charge on any atom is -0.328 e. The Kier molecular flexibility index (Phi) is 10.9. The van der Waals surface area contributed by atoms with E-state index in [9.17, 15) is 8.78 Å². The van der Waals surface area contributed by atoms with Crippen molar-refractivity contribution in [2.75, 3.05) is 19.8 Å². The van der Waals surface area contributed by atoms with Crippen molar-refractivity contribution in [2.45, 2.75) is 72.2 Å². The quantitative estimate of drug-likeness (QED) is 0.302. The first-order valence-electron chi connectivity index (χ1n) is 9.84. The Bertz CT molecular complexity index is 471. The van der Waals surface area contributed by atoms with Gasteiger partial charge in [0.2, 0.25) is 0 Å². The first-order chi connectivity index (χ1) is 12.5.